The molecule has 0 spiro atoms. The number of nitrogens with one attached hydrogen (secondary N) is 1. The molecule has 0 saturated carbocycles. The molecule has 0 aliphatic carbocycles. The standard InChI is InChI=1S/C12H17F3N2O/c1-3-6-16-7-10-11(5-4-9(2)17-10)18-8-12(13,14)15/h4-5,16H,3,6-8H2,1-2H3. The van der Waals surface area contributed by atoms with E-state index in [1.54, 1.807) is 13.0 Å². The quantitative estimate of drug-likeness (QED) is 0.800. The van der Waals surface area contributed by atoms with Crippen molar-refractivity contribution in [3.8, 4) is 5.75 Å². The lowest BCUT2D eigenvalue weighted by atomic mass is 10.2. The number of hydrogen-bond acceptors (Lipinski definition) is 3. The Balaban J connectivity index is 2.70. The molecule has 0 aliphatic rings. The molecule has 18 heavy (non-hydrogen) atoms. The van der Waals surface area contributed by atoms with Crippen LogP contribution in [-0.4, -0.2) is 24.3 Å². The van der Waals surface area contributed by atoms with Gasteiger partial charge in [-0.2, -0.15) is 13.2 Å². The van der Waals surface area contributed by atoms with Crippen molar-refractivity contribution >= 4 is 0 Å². The molecule has 0 atom stereocenters. The highest BCUT2D eigenvalue weighted by atomic mass is 19.4. The normalized spacial score (nSPS) is 11.6. The topological polar surface area (TPSA) is 34.2 Å². The summed E-state index contributed by atoms with van der Waals surface area (Å²) in [5, 5.41) is 3.09. The van der Waals surface area contributed by atoms with E-state index in [2.05, 4.69) is 10.3 Å². The number of hydrogen-bond donors (Lipinski definition) is 1. The maximum absolute atomic E-state index is 12.1. The number of rotatable bonds is 6. The molecule has 1 N–H and O–H groups in total. The summed E-state index contributed by atoms with van der Waals surface area (Å²) in [6.07, 6.45) is -3.39. The van der Waals surface area contributed by atoms with Crippen molar-refractivity contribution < 1.29 is 17.9 Å². The largest absolute Gasteiger partial charge is 0.482 e. The van der Waals surface area contributed by atoms with Crippen molar-refractivity contribution in [2.45, 2.75) is 33.0 Å². The molecule has 0 bridgehead atoms. The number of halogens is 3. The van der Waals surface area contributed by atoms with Crippen LogP contribution in [0.1, 0.15) is 24.7 Å². The van der Waals surface area contributed by atoms with Gasteiger partial charge in [0.15, 0.2) is 6.61 Å². The Kier molecular flexibility index (Phi) is 5.40. The second-order valence-corrected chi connectivity index (χ2v) is 3.98. The third kappa shape index (κ3) is 5.35. The maximum atomic E-state index is 12.1. The minimum Gasteiger partial charge on any atom is -0.482 e. The van der Waals surface area contributed by atoms with E-state index in [-0.39, 0.29) is 5.75 Å². The van der Waals surface area contributed by atoms with E-state index in [1.807, 2.05) is 6.92 Å². The first-order chi connectivity index (χ1) is 8.42. The van der Waals surface area contributed by atoms with Gasteiger partial charge < -0.3 is 10.1 Å². The second kappa shape index (κ2) is 6.58. The van der Waals surface area contributed by atoms with Crippen molar-refractivity contribution in [2.75, 3.05) is 13.2 Å². The van der Waals surface area contributed by atoms with Gasteiger partial charge in [-0.1, -0.05) is 6.92 Å². The predicted molar refractivity (Wildman–Crippen MR) is 62.5 cm³/mol. The minimum atomic E-state index is -4.33. The fourth-order valence-electron chi connectivity index (χ4n) is 1.40. The number of pyridine rings is 1. The third-order valence-electron chi connectivity index (χ3n) is 2.18. The van der Waals surface area contributed by atoms with Gasteiger partial charge in [0.25, 0.3) is 0 Å². The Labute approximate surface area is 104 Å². The van der Waals surface area contributed by atoms with E-state index in [0.29, 0.717) is 12.2 Å². The molecule has 1 aromatic heterocycles. The van der Waals surface area contributed by atoms with Crippen LogP contribution in [0.4, 0.5) is 13.2 Å². The van der Waals surface area contributed by atoms with Crippen molar-refractivity contribution in [1.29, 1.82) is 0 Å². The van der Waals surface area contributed by atoms with Crippen LogP contribution in [0.2, 0.25) is 0 Å². The molecular formula is C12H17F3N2O. The van der Waals surface area contributed by atoms with Gasteiger partial charge in [0, 0.05) is 12.2 Å². The van der Waals surface area contributed by atoms with Crippen LogP contribution in [0, 0.1) is 6.92 Å². The van der Waals surface area contributed by atoms with Crippen LogP contribution in [0.25, 0.3) is 0 Å². The molecule has 6 heteroatoms. The first-order valence-corrected chi connectivity index (χ1v) is 5.79. The SMILES string of the molecule is CCCNCc1nc(C)ccc1OCC(F)(F)F. The van der Waals surface area contributed by atoms with Gasteiger partial charge in [0.2, 0.25) is 0 Å². The molecule has 0 aromatic carbocycles. The zero-order valence-electron chi connectivity index (χ0n) is 10.5. The lowest BCUT2D eigenvalue weighted by Gasteiger charge is -2.13. The summed E-state index contributed by atoms with van der Waals surface area (Å²) in [6.45, 7) is 3.70. The summed E-state index contributed by atoms with van der Waals surface area (Å²) in [5.74, 6) is 0.182. The summed E-state index contributed by atoms with van der Waals surface area (Å²) < 4.78 is 41.1. The van der Waals surface area contributed by atoms with E-state index < -0.39 is 12.8 Å². The van der Waals surface area contributed by atoms with Gasteiger partial charge in [0.1, 0.15) is 5.75 Å². The van der Waals surface area contributed by atoms with Crippen molar-refractivity contribution in [3.63, 3.8) is 0 Å². The predicted octanol–water partition coefficient (Wildman–Crippen LogP) is 2.83. The van der Waals surface area contributed by atoms with Crippen molar-refractivity contribution in [3.05, 3.63) is 23.5 Å². The molecule has 1 aromatic rings. The van der Waals surface area contributed by atoms with E-state index in [1.165, 1.54) is 6.07 Å². The van der Waals surface area contributed by atoms with Crippen LogP contribution in [0.15, 0.2) is 12.1 Å². The molecule has 0 saturated heterocycles. The van der Waals surface area contributed by atoms with E-state index in [0.717, 1.165) is 18.7 Å². The van der Waals surface area contributed by atoms with E-state index in [4.69, 9.17) is 4.74 Å². The summed E-state index contributed by atoms with van der Waals surface area (Å²) in [5.41, 5.74) is 1.26. The van der Waals surface area contributed by atoms with Gasteiger partial charge in [-0.15, -0.1) is 0 Å². The van der Waals surface area contributed by atoms with E-state index in [9.17, 15) is 13.2 Å². The molecule has 0 aliphatic heterocycles. The zero-order valence-corrected chi connectivity index (χ0v) is 10.5. The first-order valence-electron chi connectivity index (χ1n) is 5.79. The molecule has 102 valence electrons. The van der Waals surface area contributed by atoms with Gasteiger partial charge in [-0.3, -0.25) is 4.98 Å². The number of aryl methyl sites for hydroxylation is 1. The fourth-order valence-corrected chi connectivity index (χ4v) is 1.40. The molecule has 0 fully saturated rings. The zero-order chi connectivity index (χ0) is 13.6. The number of nitrogens with zero attached hydrogens (tertiary/aromatic N) is 1. The molecule has 0 unspecified atom stereocenters. The highest BCUT2D eigenvalue weighted by Gasteiger charge is 2.28. The Morgan fingerprint density at radius 1 is 1.33 bits per heavy atom. The number of alkyl halides is 3. The van der Waals surface area contributed by atoms with E-state index >= 15 is 0 Å². The van der Waals surface area contributed by atoms with Crippen LogP contribution >= 0.6 is 0 Å². The molecule has 0 amide bonds. The van der Waals surface area contributed by atoms with Crippen LogP contribution in [0.5, 0.6) is 5.75 Å². The third-order valence-corrected chi connectivity index (χ3v) is 2.18. The summed E-state index contributed by atoms with van der Waals surface area (Å²) in [7, 11) is 0. The van der Waals surface area contributed by atoms with Gasteiger partial charge in [0.05, 0.1) is 5.69 Å². The Morgan fingerprint density at radius 2 is 2.06 bits per heavy atom. The lowest BCUT2D eigenvalue weighted by Crippen LogP contribution is -2.21. The molecule has 1 rings (SSSR count). The van der Waals surface area contributed by atoms with Gasteiger partial charge >= 0.3 is 6.18 Å². The maximum Gasteiger partial charge on any atom is 0.422 e. The Hall–Kier alpha value is -1.30. The molecule has 1 heterocycles. The number of ether oxygens (including phenoxy) is 1. The average Bonchev–Trinajstić information content (AvgIpc) is 2.27. The molecule has 3 nitrogen and oxygen atoms in total. The fraction of sp³-hybridized carbons (Fsp3) is 0.583. The number of aromatic nitrogens is 1. The minimum absolute atomic E-state index is 0.182. The van der Waals surface area contributed by atoms with Crippen LogP contribution in [-0.2, 0) is 6.54 Å². The van der Waals surface area contributed by atoms with Crippen molar-refractivity contribution in [2.24, 2.45) is 0 Å². The average molecular weight is 262 g/mol. The summed E-state index contributed by atoms with van der Waals surface area (Å²) >= 11 is 0. The highest BCUT2D eigenvalue weighted by Crippen LogP contribution is 2.21. The first kappa shape index (κ1) is 14.8. The van der Waals surface area contributed by atoms with Gasteiger partial charge in [-0.05, 0) is 32.0 Å². The second-order valence-electron chi connectivity index (χ2n) is 3.98. The monoisotopic (exact) mass is 262 g/mol. The molecule has 0 radical (unpaired) electrons. The molecular weight excluding hydrogens is 245 g/mol. The van der Waals surface area contributed by atoms with Crippen LogP contribution in [0.3, 0.4) is 0 Å². The Morgan fingerprint density at radius 3 is 2.67 bits per heavy atom. The summed E-state index contributed by atoms with van der Waals surface area (Å²) in [6, 6.07) is 3.16. The van der Waals surface area contributed by atoms with Crippen molar-refractivity contribution in [1.82, 2.24) is 10.3 Å². The highest BCUT2D eigenvalue weighted by molar-refractivity contribution is 5.29. The smallest absolute Gasteiger partial charge is 0.422 e. The van der Waals surface area contributed by atoms with Crippen LogP contribution < -0.4 is 10.1 Å². The lowest BCUT2D eigenvalue weighted by molar-refractivity contribution is -0.153. The Bertz CT molecular complexity index is 380. The van der Waals surface area contributed by atoms with Gasteiger partial charge in [-0.25, -0.2) is 0 Å². The summed E-state index contributed by atoms with van der Waals surface area (Å²) in [4.78, 5) is 4.19.